The maximum atomic E-state index is 12.0. The van der Waals surface area contributed by atoms with Crippen molar-refractivity contribution in [3.8, 4) is 0 Å². The first-order valence-electron chi connectivity index (χ1n) is 6.54. The number of benzene rings is 1. The summed E-state index contributed by atoms with van der Waals surface area (Å²) in [7, 11) is 3.32. The van der Waals surface area contributed by atoms with E-state index in [0.29, 0.717) is 13.1 Å². The van der Waals surface area contributed by atoms with Crippen LogP contribution in [0.3, 0.4) is 0 Å². The Morgan fingerprint density at radius 2 is 1.75 bits per heavy atom. The van der Waals surface area contributed by atoms with E-state index in [0.717, 1.165) is 5.56 Å². The summed E-state index contributed by atoms with van der Waals surface area (Å²) in [4.78, 5) is 24.8. The Morgan fingerprint density at radius 3 is 2.30 bits per heavy atom. The highest BCUT2D eigenvalue weighted by atomic mass is 16.2. The summed E-state index contributed by atoms with van der Waals surface area (Å²) in [5.41, 5.74) is 6.55. The van der Waals surface area contributed by atoms with E-state index in [1.54, 1.807) is 14.1 Å². The topological polar surface area (TPSA) is 87.5 Å². The maximum Gasteiger partial charge on any atom is 0.316 e. The quantitative estimate of drug-likeness (QED) is 0.646. The van der Waals surface area contributed by atoms with Crippen LogP contribution in [0.25, 0.3) is 0 Å². The van der Waals surface area contributed by atoms with E-state index in [2.05, 4.69) is 10.6 Å². The zero-order chi connectivity index (χ0) is 15.0. The van der Waals surface area contributed by atoms with Gasteiger partial charge >= 0.3 is 6.03 Å². The minimum Gasteiger partial charge on any atom is -0.354 e. The molecule has 20 heavy (non-hydrogen) atoms. The van der Waals surface area contributed by atoms with Crippen LogP contribution in [-0.2, 0) is 4.79 Å². The number of nitrogens with zero attached hydrogens (tertiary/aromatic N) is 1. The highest BCUT2D eigenvalue weighted by Crippen LogP contribution is 2.13. The van der Waals surface area contributed by atoms with Gasteiger partial charge in [0.1, 0.15) is 0 Å². The molecule has 3 amide bonds. The molecule has 110 valence electrons. The second-order valence-corrected chi connectivity index (χ2v) is 4.62. The number of rotatable bonds is 6. The lowest BCUT2D eigenvalue weighted by atomic mass is 9.98. The Bertz CT molecular complexity index is 434. The summed E-state index contributed by atoms with van der Waals surface area (Å²) in [6.07, 6.45) is 0. The number of carbonyl (C=O) groups is 2. The van der Waals surface area contributed by atoms with Crippen LogP contribution in [0.4, 0.5) is 4.79 Å². The van der Waals surface area contributed by atoms with Crippen molar-refractivity contribution in [1.29, 1.82) is 0 Å². The molecule has 0 heterocycles. The summed E-state index contributed by atoms with van der Waals surface area (Å²) in [6.45, 7) is 1.01. The van der Waals surface area contributed by atoms with Crippen molar-refractivity contribution in [3.05, 3.63) is 35.9 Å². The largest absolute Gasteiger partial charge is 0.354 e. The molecular formula is C14H22N4O2. The number of nitrogens with two attached hydrogens (primary N) is 1. The SMILES string of the molecule is CN(C)C(=O)NCCNC(=O)C(CN)c1ccccc1. The molecule has 1 rings (SSSR count). The molecule has 0 aromatic heterocycles. The molecule has 0 bridgehead atoms. The van der Waals surface area contributed by atoms with Gasteiger partial charge in [-0.25, -0.2) is 4.79 Å². The molecule has 0 saturated heterocycles. The molecule has 0 aliphatic carbocycles. The van der Waals surface area contributed by atoms with Gasteiger partial charge in [-0.2, -0.15) is 0 Å². The standard InChI is InChI=1S/C14H22N4O2/c1-18(2)14(20)17-9-8-16-13(19)12(10-15)11-6-4-3-5-7-11/h3-7,12H,8-10,15H2,1-2H3,(H,16,19)(H,17,20). The van der Waals surface area contributed by atoms with Crippen LogP contribution in [0, 0.1) is 0 Å². The number of urea groups is 1. The van der Waals surface area contributed by atoms with E-state index < -0.39 is 0 Å². The van der Waals surface area contributed by atoms with Crippen molar-refractivity contribution < 1.29 is 9.59 Å². The van der Waals surface area contributed by atoms with Gasteiger partial charge in [-0.3, -0.25) is 4.79 Å². The van der Waals surface area contributed by atoms with E-state index in [4.69, 9.17) is 5.73 Å². The van der Waals surface area contributed by atoms with E-state index >= 15 is 0 Å². The van der Waals surface area contributed by atoms with Crippen LogP contribution >= 0.6 is 0 Å². The van der Waals surface area contributed by atoms with Gasteiger partial charge in [-0.15, -0.1) is 0 Å². The molecule has 0 aliphatic heterocycles. The average Bonchev–Trinajstić information content (AvgIpc) is 2.45. The Kier molecular flexibility index (Phi) is 6.52. The fourth-order valence-corrected chi connectivity index (χ4v) is 1.72. The third kappa shape index (κ3) is 4.89. The average molecular weight is 278 g/mol. The molecule has 6 nitrogen and oxygen atoms in total. The lowest BCUT2D eigenvalue weighted by Crippen LogP contribution is -2.41. The first kappa shape index (κ1) is 16.0. The molecule has 6 heteroatoms. The van der Waals surface area contributed by atoms with Gasteiger partial charge in [0.2, 0.25) is 5.91 Å². The number of nitrogens with one attached hydrogen (secondary N) is 2. The van der Waals surface area contributed by atoms with E-state index in [1.807, 2.05) is 30.3 Å². The minimum absolute atomic E-state index is 0.127. The van der Waals surface area contributed by atoms with Crippen LogP contribution in [0.5, 0.6) is 0 Å². The Balaban J connectivity index is 2.40. The summed E-state index contributed by atoms with van der Waals surface area (Å²) in [5.74, 6) is -0.487. The van der Waals surface area contributed by atoms with Crippen LogP contribution < -0.4 is 16.4 Å². The third-order valence-corrected chi connectivity index (χ3v) is 2.86. The monoisotopic (exact) mass is 278 g/mol. The van der Waals surface area contributed by atoms with Gasteiger partial charge in [0.15, 0.2) is 0 Å². The summed E-state index contributed by atoms with van der Waals surface area (Å²) in [5, 5.41) is 5.45. The van der Waals surface area contributed by atoms with Crippen LogP contribution in [-0.4, -0.2) is 50.6 Å². The molecule has 4 N–H and O–H groups in total. The lowest BCUT2D eigenvalue weighted by molar-refractivity contribution is -0.122. The molecule has 0 saturated carbocycles. The molecule has 0 radical (unpaired) electrons. The lowest BCUT2D eigenvalue weighted by Gasteiger charge is -2.16. The van der Waals surface area contributed by atoms with Gasteiger partial charge in [0, 0.05) is 33.7 Å². The van der Waals surface area contributed by atoms with Gasteiger partial charge < -0.3 is 21.3 Å². The van der Waals surface area contributed by atoms with Crippen molar-refractivity contribution in [1.82, 2.24) is 15.5 Å². The fraction of sp³-hybridized carbons (Fsp3) is 0.429. The predicted octanol–water partition coefficient (Wildman–Crippen LogP) is 0.116. The molecule has 1 aromatic rings. The number of hydrogen-bond donors (Lipinski definition) is 3. The minimum atomic E-state index is -0.360. The molecule has 0 aliphatic rings. The van der Waals surface area contributed by atoms with Crippen molar-refractivity contribution in [2.75, 3.05) is 33.7 Å². The highest BCUT2D eigenvalue weighted by Gasteiger charge is 2.18. The Hall–Kier alpha value is -2.08. The number of amides is 3. The van der Waals surface area contributed by atoms with Crippen LogP contribution in [0.2, 0.25) is 0 Å². The smallest absolute Gasteiger partial charge is 0.316 e. The van der Waals surface area contributed by atoms with Gasteiger partial charge in [0.05, 0.1) is 5.92 Å². The van der Waals surface area contributed by atoms with Gasteiger partial charge in [-0.05, 0) is 5.56 Å². The van der Waals surface area contributed by atoms with Crippen molar-refractivity contribution in [2.45, 2.75) is 5.92 Å². The summed E-state index contributed by atoms with van der Waals surface area (Å²) >= 11 is 0. The normalized spacial score (nSPS) is 11.6. The van der Waals surface area contributed by atoms with E-state index in [-0.39, 0.29) is 24.4 Å². The van der Waals surface area contributed by atoms with Crippen molar-refractivity contribution in [2.24, 2.45) is 5.73 Å². The van der Waals surface area contributed by atoms with Crippen LogP contribution in [0.15, 0.2) is 30.3 Å². The van der Waals surface area contributed by atoms with E-state index in [9.17, 15) is 9.59 Å². The zero-order valence-electron chi connectivity index (χ0n) is 11.9. The van der Waals surface area contributed by atoms with Gasteiger partial charge in [0.25, 0.3) is 0 Å². The first-order valence-corrected chi connectivity index (χ1v) is 6.54. The molecule has 0 spiro atoms. The third-order valence-electron chi connectivity index (χ3n) is 2.86. The van der Waals surface area contributed by atoms with E-state index in [1.165, 1.54) is 4.90 Å². The zero-order valence-corrected chi connectivity index (χ0v) is 11.9. The van der Waals surface area contributed by atoms with Crippen LogP contribution in [0.1, 0.15) is 11.5 Å². The fourth-order valence-electron chi connectivity index (χ4n) is 1.72. The first-order chi connectivity index (χ1) is 9.56. The Labute approximate surface area is 119 Å². The molecule has 1 aromatic carbocycles. The van der Waals surface area contributed by atoms with Crippen molar-refractivity contribution in [3.63, 3.8) is 0 Å². The summed E-state index contributed by atoms with van der Waals surface area (Å²) in [6, 6.07) is 9.23. The van der Waals surface area contributed by atoms with Gasteiger partial charge in [-0.1, -0.05) is 30.3 Å². The number of carbonyl (C=O) groups excluding carboxylic acids is 2. The Morgan fingerprint density at radius 1 is 1.15 bits per heavy atom. The second-order valence-electron chi connectivity index (χ2n) is 4.62. The molecule has 1 unspecified atom stereocenters. The molecular weight excluding hydrogens is 256 g/mol. The molecule has 1 atom stereocenters. The molecule has 0 fully saturated rings. The highest BCUT2D eigenvalue weighted by molar-refractivity contribution is 5.84. The maximum absolute atomic E-state index is 12.0. The second kappa shape index (κ2) is 8.16. The van der Waals surface area contributed by atoms with Crippen molar-refractivity contribution >= 4 is 11.9 Å². The predicted molar refractivity (Wildman–Crippen MR) is 78.3 cm³/mol. The summed E-state index contributed by atoms with van der Waals surface area (Å²) < 4.78 is 0. The number of hydrogen-bond acceptors (Lipinski definition) is 3.